The molecule has 0 saturated carbocycles. The molecule has 0 amide bonds. The first-order valence-corrected chi connectivity index (χ1v) is 7.24. The molecule has 20 heavy (non-hydrogen) atoms. The average molecular weight is 281 g/mol. The van der Waals surface area contributed by atoms with Gasteiger partial charge in [-0.05, 0) is 20.0 Å². The van der Waals surface area contributed by atoms with Crippen molar-refractivity contribution in [3.05, 3.63) is 0 Å². The Balaban J connectivity index is 2.68. The number of hydrogen-bond donors (Lipinski definition) is 2. The van der Waals surface area contributed by atoms with Crippen molar-refractivity contribution in [2.45, 2.75) is 20.8 Å². The third-order valence-electron chi connectivity index (χ3n) is 2.96. The Morgan fingerprint density at radius 3 is 2.00 bits per heavy atom. The zero-order valence-corrected chi connectivity index (χ0v) is 13.3. The van der Waals surface area contributed by atoms with Crippen molar-refractivity contribution >= 4 is 17.8 Å². The Morgan fingerprint density at radius 1 is 0.900 bits per heavy atom. The van der Waals surface area contributed by atoms with Crippen LogP contribution in [0.3, 0.4) is 0 Å². The number of nitrogens with zero attached hydrogens (tertiary/aromatic N) is 5. The van der Waals surface area contributed by atoms with Gasteiger partial charge in [-0.25, -0.2) is 0 Å². The molecule has 0 aliphatic heterocycles. The third-order valence-corrected chi connectivity index (χ3v) is 2.96. The molecule has 0 aliphatic rings. The first-order chi connectivity index (χ1) is 9.60. The molecule has 2 N–H and O–H groups in total. The first kappa shape index (κ1) is 16.4. The summed E-state index contributed by atoms with van der Waals surface area (Å²) in [5, 5.41) is 6.39. The maximum Gasteiger partial charge on any atom is 0.231 e. The van der Waals surface area contributed by atoms with Gasteiger partial charge < -0.3 is 20.4 Å². The van der Waals surface area contributed by atoms with Crippen molar-refractivity contribution in [1.29, 1.82) is 0 Å². The predicted molar refractivity (Wildman–Crippen MR) is 84.6 cm³/mol. The summed E-state index contributed by atoms with van der Waals surface area (Å²) < 4.78 is 0. The van der Waals surface area contributed by atoms with E-state index in [0.717, 1.165) is 32.7 Å². The highest BCUT2D eigenvalue weighted by Gasteiger charge is 2.07. The maximum atomic E-state index is 4.40. The molecular weight excluding hydrogens is 254 g/mol. The van der Waals surface area contributed by atoms with Gasteiger partial charge in [0.05, 0.1) is 0 Å². The normalized spacial score (nSPS) is 10.7. The van der Waals surface area contributed by atoms with Crippen LogP contribution in [0.1, 0.15) is 20.8 Å². The average Bonchev–Trinajstić information content (AvgIpc) is 2.44. The lowest BCUT2D eigenvalue weighted by Gasteiger charge is -2.18. The number of anilines is 3. The zero-order chi connectivity index (χ0) is 15.0. The Bertz CT molecular complexity index is 390. The molecule has 0 aliphatic carbocycles. The van der Waals surface area contributed by atoms with Crippen LogP contribution in [0.4, 0.5) is 17.8 Å². The van der Waals surface area contributed by atoms with Crippen LogP contribution in [0.5, 0.6) is 0 Å². The van der Waals surface area contributed by atoms with Crippen molar-refractivity contribution in [3.8, 4) is 0 Å². The molecule has 7 heteroatoms. The summed E-state index contributed by atoms with van der Waals surface area (Å²) in [5.74, 6) is 1.88. The van der Waals surface area contributed by atoms with E-state index in [1.807, 2.05) is 25.9 Å². The van der Waals surface area contributed by atoms with E-state index >= 15 is 0 Å². The van der Waals surface area contributed by atoms with Crippen molar-refractivity contribution < 1.29 is 0 Å². The Labute approximate surface area is 121 Å². The number of aromatic nitrogens is 3. The molecule has 0 bridgehead atoms. The van der Waals surface area contributed by atoms with Gasteiger partial charge in [-0.15, -0.1) is 0 Å². The van der Waals surface area contributed by atoms with E-state index in [2.05, 4.69) is 44.3 Å². The van der Waals surface area contributed by atoms with Crippen LogP contribution in [-0.4, -0.2) is 66.7 Å². The fraction of sp³-hybridized carbons (Fsp3) is 0.769. The van der Waals surface area contributed by atoms with Gasteiger partial charge in [0.1, 0.15) is 0 Å². The van der Waals surface area contributed by atoms with Gasteiger partial charge in [-0.1, -0.05) is 13.8 Å². The quantitative estimate of drug-likeness (QED) is 0.703. The molecule has 1 aromatic heterocycles. The summed E-state index contributed by atoms with van der Waals surface area (Å²) in [4.78, 5) is 17.3. The predicted octanol–water partition coefficient (Wildman–Crippen LogP) is 1.12. The van der Waals surface area contributed by atoms with E-state index in [1.54, 1.807) is 0 Å². The highest BCUT2D eigenvalue weighted by molar-refractivity contribution is 5.42. The second kappa shape index (κ2) is 8.52. The molecule has 7 nitrogen and oxygen atoms in total. The van der Waals surface area contributed by atoms with Crippen LogP contribution in [0, 0.1) is 0 Å². The summed E-state index contributed by atoms with van der Waals surface area (Å²) in [6.07, 6.45) is 0. The first-order valence-electron chi connectivity index (χ1n) is 7.24. The molecule has 0 unspecified atom stereocenters. The summed E-state index contributed by atoms with van der Waals surface area (Å²) in [5.41, 5.74) is 0. The molecule has 0 saturated heterocycles. The van der Waals surface area contributed by atoms with E-state index in [4.69, 9.17) is 0 Å². The Morgan fingerprint density at radius 2 is 1.50 bits per heavy atom. The summed E-state index contributed by atoms with van der Waals surface area (Å²) in [6, 6.07) is 0. The van der Waals surface area contributed by atoms with Gasteiger partial charge in [-0.3, -0.25) is 0 Å². The minimum atomic E-state index is 0.608. The molecule has 0 aromatic carbocycles. The van der Waals surface area contributed by atoms with Crippen molar-refractivity contribution in [3.63, 3.8) is 0 Å². The Kier molecular flexibility index (Phi) is 7.00. The second-order valence-electron chi connectivity index (χ2n) is 4.66. The SMILES string of the molecule is CCNc1nc(NCCN(CC)CC)nc(N(C)C)n1. The summed E-state index contributed by atoms with van der Waals surface area (Å²) in [7, 11) is 3.84. The highest BCUT2D eigenvalue weighted by Crippen LogP contribution is 2.10. The highest BCUT2D eigenvalue weighted by atomic mass is 15.3. The largest absolute Gasteiger partial charge is 0.354 e. The van der Waals surface area contributed by atoms with Crippen molar-refractivity contribution in [2.75, 3.05) is 62.4 Å². The number of likely N-dealkylation sites (N-methyl/N-ethyl adjacent to an activating group) is 1. The number of nitrogens with one attached hydrogen (secondary N) is 2. The van der Waals surface area contributed by atoms with Crippen LogP contribution in [-0.2, 0) is 0 Å². The maximum absolute atomic E-state index is 4.40. The minimum absolute atomic E-state index is 0.608. The molecule has 114 valence electrons. The van der Waals surface area contributed by atoms with Crippen LogP contribution >= 0.6 is 0 Å². The lowest BCUT2D eigenvalue weighted by molar-refractivity contribution is 0.316. The lowest BCUT2D eigenvalue weighted by atomic mass is 10.4. The van der Waals surface area contributed by atoms with Crippen LogP contribution < -0.4 is 15.5 Å². The standard InChI is InChI=1S/C13H27N7/c1-6-14-11-16-12(18-13(17-11)19(4)5)15-9-10-20(7-2)8-3/h6-10H2,1-5H3,(H2,14,15,16,17,18). The third kappa shape index (κ3) is 5.16. The van der Waals surface area contributed by atoms with Crippen LogP contribution in [0.25, 0.3) is 0 Å². The van der Waals surface area contributed by atoms with Gasteiger partial charge in [0.25, 0.3) is 0 Å². The second-order valence-corrected chi connectivity index (χ2v) is 4.66. The van der Waals surface area contributed by atoms with E-state index in [0.29, 0.717) is 17.8 Å². The van der Waals surface area contributed by atoms with Gasteiger partial charge >= 0.3 is 0 Å². The zero-order valence-electron chi connectivity index (χ0n) is 13.3. The van der Waals surface area contributed by atoms with Crippen LogP contribution in [0.15, 0.2) is 0 Å². The van der Waals surface area contributed by atoms with Gasteiger partial charge in [0.2, 0.25) is 17.8 Å². The fourth-order valence-corrected chi connectivity index (χ4v) is 1.75. The lowest BCUT2D eigenvalue weighted by Crippen LogP contribution is -2.29. The van der Waals surface area contributed by atoms with Crippen molar-refractivity contribution in [2.24, 2.45) is 0 Å². The molecule has 1 rings (SSSR count). The smallest absolute Gasteiger partial charge is 0.231 e. The van der Waals surface area contributed by atoms with E-state index in [-0.39, 0.29) is 0 Å². The molecule has 0 atom stereocenters. The molecule has 0 spiro atoms. The number of hydrogen-bond acceptors (Lipinski definition) is 7. The van der Waals surface area contributed by atoms with Crippen molar-refractivity contribution in [1.82, 2.24) is 19.9 Å². The van der Waals surface area contributed by atoms with Crippen LogP contribution in [0.2, 0.25) is 0 Å². The molecule has 0 radical (unpaired) electrons. The minimum Gasteiger partial charge on any atom is -0.354 e. The topological polar surface area (TPSA) is 69.2 Å². The number of rotatable bonds is 9. The molecule has 0 fully saturated rings. The summed E-state index contributed by atoms with van der Waals surface area (Å²) >= 11 is 0. The van der Waals surface area contributed by atoms with Gasteiger partial charge in [-0.2, -0.15) is 15.0 Å². The van der Waals surface area contributed by atoms with E-state index < -0.39 is 0 Å². The molecular formula is C13H27N7. The van der Waals surface area contributed by atoms with E-state index in [1.165, 1.54) is 0 Å². The van der Waals surface area contributed by atoms with Gasteiger partial charge in [0.15, 0.2) is 0 Å². The summed E-state index contributed by atoms with van der Waals surface area (Å²) in [6.45, 7) is 11.1. The van der Waals surface area contributed by atoms with Gasteiger partial charge in [0, 0.05) is 33.7 Å². The molecule has 1 aromatic rings. The monoisotopic (exact) mass is 281 g/mol. The fourth-order valence-electron chi connectivity index (χ4n) is 1.75. The Hall–Kier alpha value is -1.63. The van der Waals surface area contributed by atoms with E-state index in [9.17, 15) is 0 Å². The molecule has 1 heterocycles.